The molecule has 1 aromatic heterocycles. The molecule has 0 aliphatic carbocycles. The maximum Gasteiger partial charge on any atom is 0.270 e. The summed E-state index contributed by atoms with van der Waals surface area (Å²) >= 11 is 3.38. The quantitative estimate of drug-likeness (QED) is 0.921. The van der Waals surface area contributed by atoms with Gasteiger partial charge in [-0.15, -0.1) is 0 Å². The zero-order valence-electron chi connectivity index (χ0n) is 10.2. The monoisotopic (exact) mass is 299 g/mol. The van der Waals surface area contributed by atoms with Crippen molar-refractivity contribution in [2.75, 3.05) is 20.1 Å². The Balaban J connectivity index is 2.01. The highest BCUT2D eigenvalue weighted by Crippen LogP contribution is 2.15. The van der Waals surface area contributed by atoms with Crippen molar-refractivity contribution >= 4 is 21.8 Å². The summed E-state index contributed by atoms with van der Waals surface area (Å²) in [6.07, 6.45) is 4.27. The van der Waals surface area contributed by atoms with Crippen molar-refractivity contribution in [1.29, 1.82) is 0 Å². The van der Waals surface area contributed by atoms with E-state index in [1.54, 1.807) is 4.90 Å². The van der Waals surface area contributed by atoms with Gasteiger partial charge < -0.3 is 14.8 Å². The molecule has 1 unspecified atom stereocenters. The maximum absolute atomic E-state index is 12.2. The number of carbonyl (C=O) groups excluding carboxylic acids is 1. The SMILES string of the molecule is CN(CC1CCCN1)C(=O)c1cc(Br)cn1C. The molecule has 1 aliphatic rings. The van der Waals surface area contributed by atoms with Crippen molar-refractivity contribution < 1.29 is 4.79 Å². The summed E-state index contributed by atoms with van der Waals surface area (Å²) < 4.78 is 2.79. The highest BCUT2D eigenvalue weighted by molar-refractivity contribution is 9.10. The number of carbonyl (C=O) groups is 1. The van der Waals surface area contributed by atoms with Crippen LogP contribution in [0.15, 0.2) is 16.7 Å². The Morgan fingerprint density at radius 2 is 2.47 bits per heavy atom. The van der Waals surface area contributed by atoms with Crippen molar-refractivity contribution in [3.63, 3.8) is 0 Å². The lowest BCUT2D eigenvalue weighted by Crippen LogP contribution is -2.39. The summed E-state index contributed by atoms with van der Waals surface area (Å²) in [5, 5.41) is 3.40. The molecular formula is C12H18BrN3O. The first-order valence-corrected chi connectivity index (χ1v) is 6.68. The predicted octanol–water partition coefficient (Wildman–Crippen LogP) is 1.61. The Labute approximate surface area is 110 Å². The van der Waals surface area contributed by atoms with Gasteiger partial charge in [-0.3, -0.25) is 4.79 Å². The lowest BCUT2D eigenvalue weighted by atomic mass is 10.2. The number of amides is 1. The van der Waals surface area contributed by atoms with Gasteiger partial charge in [-0.2, -0.15) is 0 Å². The van der Waals surface area contributed by atoms with Crippen molar-refractivity contribution in [3.8, 4) is 0 Å². The van der Waals surface area contributed by atoms with E-state index < -0.39 is 0 Å². The fourth-order valence-electron chi connectivity index (χ4n) is 2.26. The smallest absolute Gasteiger partial charge is 0.270 e. The minimum atomic E-state index is 0.0758. The Hall–Kier alpha value is -0.810. The first-order chi connectivity index (χ1) is 8.08. The van der Waals surface area contributed by atoms with Crippen molar-refractivity contribution in [2.24, 2.45) is 7.05 Å². The topological polar surface area (TPSA) is 37.3 Å². The van der Waals surface area contributed by atoms with Crippen LogP contribution in [0.3, 0.4) is 0 Å². The Kier molecular flexibility index (Phi) is 3.89. The molecule has 0 aromatic carbocycles. The second-order valence-electron chi connectivity index (χ2n) is 4.63. The van der Waals surface area contributed by atoms with Crippen LogP contribution in [0.1, 0.15) is 23.3 Å². The second kappa shape index (κ2) is 5.23. The third kappa shape index (κ3) is 2.90. The Morgan fingerprint density at radius 3 is 3.00 bits per heavy atom. The third-order valence-corrected chi connectivity index (χ3v) is 3.63. The van der Waals surface area contributed by atoms with E-state index >= 15 is 0 Å². The van der Waals surface area contributed by atoms with Gasteiger partial charge in [-0.05, 0) is 41.4 Å². The molecule has 0 radical (unpaired) electrons. The molecule has 1 aliphatic heterocycles. The van der Waals surface area contributed by atoms with Crippen LogP contribution < -0.4 is 5.32 Å². The van der Waals surface area contributed by atoms with E-state index in [1.807, 2.05) is 30.9 Å². The van der Waals surface area contributed by atoms with Crippen LogP contribution in [-0.4, -0.2) is 41.6 Å². The summed E-state index contributed by atoms with van der Waals surface area (Å²) in [7, 11) is 3.75. The van der Waals surface area contributed by atoms with Gasteiger partial charge in [0.2, 0.25) is 0 Å². The van der Waals surface area contributed by atoms with Crippen molar-refractivity contribution in [2.45, 2.75) is 18.9 Å². The van der Waals surface area contributed by atoms with E-state index in [2.05, 4.69) is 21.2 Å². The number of nitrogens with one attached hydrogen (secondary N) is 1. The average Bonchev–Trinajstić information content (AvgIpc) is 2.87. The molecule has 17 heavy (non-hydrogen) atoms. The average molecular weight is 300 g/mol. The summed E-state index contributed by atoms with van der Waals surface area (Å²) in [5.74, 6) is 0.0758. The molecule has 0 bridgehead atoms. The maximum atomic E-state index is 12.2. The van der Waals surface area contributed by atoms with E-state index in [1.165, 1.54) is 6.42 Å². The lowest BCUT2D eigenvalue weighted by Gasteiger charge is -2.21. The molecular weight excluding hydrogens is 282 g/mol. The zero-order valence-corrected chi connectivity index (χ0v) is 11.8. The molecule has 2 heterocycles. The summed E-state index contributed by atoms with van der Waals surface area (Å²) in [6.45, 7) is 1.85. The van der Waals surface area contributed by atoms with Gasteiger partial charge >= 0.3 is 0 Å². The molecule has 0 spiro atoms. The predicted molar refractivity (Wildman–Crippen MR) is 71.1 cm³/mol. The van der Waals surface area contributed by atoms with Crippen LogP contribution in [0, 0.1) is 0 Å². The van der Waals surface area contributed by atoms with Crippen molar-refractivity contribution in [3.05, 3.63) is 22.4 Å². The summed E-state index contributed by atoms with van der Waals surface area (Å²) in [4.78, 5) is 14.0. The Bertz CT molecular complexity index is 410. The molecule has 2 rings (SSSR count). The number of hydrogen-bond acceptors (Lipinski definition) is 2. The molecule has 1 fully saturated rings. The molecule has 1 atom stereocenters. The van der Waals surface area contributed by atoms with E-state index in [-0.39, 0.29) is 5.91 Å². The highest BCUT2D eigenvalue weighted by atomic mass is 79.9. The minimum Gasteiger partial charge on any atom is -0.345 e. The summed E-state index contributed by atoms with van der Waals surface area (Å²) in [5.41, 5.74) is 0.720. The molecule has 0 saturated carbocycles. The van der Waals surface area contributed by atoms with Gasteiger partial charge in [-0.1, -0.05) is 0 Å². The number of aryl methyl sites for hydroxylation is 1. The van der Waals surface area contributed by atoms with E-state index in [9.17, 15) is 4.79 Å². The van der Waals surface area contributed by atoms with Gasteiger partial charge in [0.05, 0.1) is 0 Å². The van der Waals surface area contributed by atoms with Gasteiger partial charge in [0.25, 0.3) is 5.91 Å². The second-order valence-corrected chi connectivity index (χ2v) is 5.55. The molecule has 1 N–H and O–H groups in total. The fourth-order valence-corrected chi connectivity index (χ4v) is 2.78. The molecule has 5 heteroatoms. The minimum absolute atomic E-state index is 0.0758. The molecule has 1 aromatic rings. The molecule has 1 amide bonds. The van der Waals surface area contributed by atoms with Crippen LogP contribution in [0.4, 0.5) is 0 Å². The van der Waals surface area contributed by atoms with Gasteiger partial charge in [-0.25, -0.2) is 0 Å². The van der Waals surface area contributed by atoms with Crippen LogP contribution in [0.2, 0.25) is 0 Å². The van der Waals surface area contributed by atoms with E-state index in [4.69, 9.17) is 0 Å². The lowest BCUT2D eigenvalue weighted by molar-refractivity contribution is 0.0774. The van der Waals surface area contributed by atoms with Gasteiger partial charge in [0, 0.05) is 37.4 Å². The van der Waals surface area contributed by atoms with Crippen LogP contribution >= 0.6 is 15.9 Å². The van der Waals surface area contributed by atoms with Gasteiger partial charge in [0.1, 0.15) is 5.69 Å². The highest BCUT2D eigenvalue weighted by Gasteiger charge is 2.21. The van der Waals surface area contributed by atoms with Crippen LogP contribution in [0.5, 0.6) is 0 Å². The largest absolute Gasteiger partial charge is 0.345 e. The molecule has 1 saturated heterocycles. The van der Waals surface area contributed by atoms with E-state index in [0.29, 0.717) is 6.04 Å². The number of rotatable bonds is 3. The zero-order chi connectivity index (χ0) is 12.4. The molecule has 94 valence electrons. The molecule has 4 nitrogen and oxygen atoms in total. The third-order valence-electron chi connectivity index (χ3n) is 3.19. The standard InChI is InChI=1S/C12H18BrN3O/c1-15-7-9(13)6-11(15)12(17)16(2)8-10-4-3-5-14-10/h6-7,10,14H,3-5,8H2,1-2H3. The number of halogens is 1. The first kappa shape index (κ1) is 12.6. The first-order valence-electron chi connectivity index (χ1n) is 5.88. The number of likely N-dealkylation sites (N-methyl/N-ethyl adjacent to an activating group) is 1. The van der Waals surface area contributed by atoms with Gasteiger partial charge in [0.15, 0.2) is 0 Å². The number of hydrogen-bond donors (Lipinski definition) is 1. The van der Waals surface area contributed by atoms with E-state index in [0.717, 1.165) is 29.7 Å². The number of nitrogens with zero attached hydrogens (tertiary/aromatic N) is 2. The Morgan fingerprint density at radius 1 is 1.71 bits per heavy atom. The number of aromatic nitrogens is 1. The summed E-state index contributed by atoms with van der Waals surface area (Å²) in [6, 6.07) is 2.31. The van der Waals surface area contributed by atoms with Crippen LogP contribution in [-0.2, 0) is 7.05 Å². The van der Waals surface area contributed by atoms with Crippen LogP contribution in [0.25, 0.3) is 0 Å². The van der Waals surface area contributed by atoms with Crippen molar-refractivity contribution in [1.82, 2.24) is 14.8 Å². The fraction of sp³-hybridized carbons (Fsp3) is 0.583. The normalized spacial score (nSPS) is 19.6.